The Hall–Kier alpha value is -0.940. The number of aromatic nitrogens is 2. The summed E-state index contributed by atoms with van der Waals surface area (Å²) in [5, 5.41) is 3.98. The Morgan fingerprint density at radius 1 is 1.38 bits per heavy atom. The molecule has 1 fully saturated rings. The molecule has 90 valence electrons. The van der Waals surface area contributed by atoms with E-state index in [2.05, 4.69) is 28.9 Å². The van der Waals surface area contributed by atoms with Crippen LogP contribution in [0.5, 0.6) is 0 Å². The predicted octanol–water partition coefficient (Wildman–Crippen LogP) is 1.42. The number of hydrogen-bond acceptors (Lipinski definition) is 5. The van der Waals surface area contributed by atoms with Crippen molar-refractivity contribution in [1.82, 2.24) is 15.0 Å². The zero-order chi connectivity index (χ0) is 11.4. The van der Waals surface area contributed by atoms with Crippen molar-refractivity contribution < 1.29 is 9.26 Å². The average Bonchev–Trinajstić information content (AvgIpc) is 2.78. The molecule has 0 amide bonds. The topological polar surface area (TPSA) is 51.4 Å². The van der Waals surface area contributed by atoms with E-state index >= 15 is 0 Å². The summed E-state index contributed by atoms with van der Waals surface area (Å²) in [7, 11) is 0. The molecule has 2 heterocycles. The number of aryl methyl sites for hydroxylation is 1. The highest BCUT2D eigenvalue weighted by molar-refractivity contribution is 4.92. The van der Waals surface area contributed by atoms with Gasteiger partial charge in [0.2, 0.25) is 5.89 Å². The van der Waals surface area contributed by atoms with Crippen LogP contribution in [-0.4, -0.2) is 41.3 Å². The van der Waals surface area contributed by atoms with E-state index in [9.17, 15) is 0 Å². The molecule has 1 aliphatic heterocycles. The first-order valence-electron chi connectivity index (χ1n) is 5.95. The van der Waals surface area contributed by atoms with Crippen LogP contribution in [0.3, 0.4) is 0 Å². The highest BCUT2D eigenvalue weighted by Crippen LogP contribution is 2.19. The molecule has 1 atom stereocenters. The lowest BCUT2D eigenvalue weighted by molar-refractivity contribution is 0.0134. The summed E-state index contributed by atoms with van der Waals surface area (Å²) in [6.45, 7) is 7.68. The Labute approximate surface area is 95.8 Å². The normalized spacial score (nSPS) is 19.9. The maximum Gasteiger partial charge on any atom is 0.243 e. The summed E-state index contributed by atoms with van der Waals surface area (Å²) in [5.41, 5.74) is 0. The predicted molar refractivity (Wildman–Crippen MR) is 59.1 cm³/mol. The Bertz CT molecular complexity index is 321. The molecule has 0 bridgehead atoms. The van der Waals surface area contributed by atoms with Gasteiger partial charge in [0, 0.05) is 19.5 Å². The first kappa shape index (κ1) is 11.5. The maximum absolute atomic E-state index is 5.32. The van der Waals surface area contributed by atoms with Crippen LogP contribution in [0.2, 0.25) is 0 Å². The van der Waals surface area contributed by atoms with Gasteiger partial charge in [-0.15, -0.1) is 0 Å². The quantitative estimate of drug-likeness (QED) is 0.775. The fraction of sp³-hybridized carbons (Fsp3) is 0.818. The Morgan fingerprint density at radius 2 is 2.12 bits per heavy atom. The molecule has 5 heteroatoms. The van der Waals surface area contributed by atoms with Crippen LogP contribution in [0.1, 0.15) is 38.0 Å². The van der Waals surface area contributed by atoms with Crippen molar-refractivity contribution in [2.24, 2.45) is 0 Å². The number of rotatable bonds is 4. The van der Waals surface area contributed by atoms with Crippen molar-refractivity contribution in [2.75, 3.05) is 26.3 Å². The van der Waals surface area contributed by atoms with Crippen LogP contribution in [0.15, 0.2) is 4.52 Å². The van der Waals surface area contributed by atoms with E-state index in [1.807, 2.05) is 0 Å². The Balaban J connectivity index is 1.98. The van der Waals surface area contributed by atoms with E-state index in [0.29, 0.717) is 0 Å². The van der Waals surface area contributed by atoms with Gasteiger partial charge in [0.25, 0.3) is 0 Å². The van der Waals surface area contributed by atoms with Gasteiger partial charge in [0.15, 0.2) is 5.82 Å². The molecule has 2 rings (SSSR count). The first-order chi connectivity index (χ1) is 7.81. The summed E-state index contributed by atoms with van der Waals surface area (Å²) < 4.78 is 10.6. The molecule has 0 aromatic carbocycles. The molecule has 16 heavy (non-hydrogen) atoms. The lowest BCUT2D eigenvalue weighted by Gasteiger charge is -2.29. The van der Waals surface area contributed by atoms with Crippen molar-refractivity contribution in [3.8, 4) is 0 Å². The molecule has 0 saturated carbocycles. The third-order valence-electron chi connectivity index (χ3n) is 2.91. The fourth-order valence-electron chi connectivity index (χ4n) is 1.88. The Morgan fingerprint density at radius 3 is 2.81 bits per heavy atom. The van der Waals surface area contributed by atoms with Gasteiger partial charge < -0.3 is 9.26 Å². The van der Waals surface area contributed by atoms with E-state index in [1.165, 1.54) is 0 Å². The molecule has 1 aromatic rings. The number of hydrogen-bond donors (Lipinski definition) is 0. The van der Waals surface area contributed by atoms with Crippen molar-refractivity contribution in [3.05, 3.63) is 11.7 Å². The summed E-state index contributed by atoms with van der Waals surface area (Å²) in [6.07, 6.45) is 1.93. The Kier molecular flexibility index (Phi) is 3.90. The third-order valence-corrected chi connectivity index (χ3v) is 2.91. The monoisotopic (exact) mass is 225 g/mol. The fourth-order valence-corrected chi connectivity index (χ4v) is 1.88. The van der Waals surface area contributed by atoms with Crippen molar-refractivity contribution in [3.63, 3.8) is 0 Å². The SMILES string of the molecule is CCCc1noc([C@H](C)N2CCOCC2)n1. The molecule has 1 aromatic heterocycles. The van der Waals surface area contributed by atoms with Gasteiger partial charge in [-0.05, 0) is 13.3 Å². The maximum atomic E-state index is 5.32. The highest BCUT2D eigenvalue weighted by Gasteiger charge is 2.23. The van der Waals surface area contributed by atoms with Crippen LogP contribution in [0, 0.1) is 0 Å². The van der Waals surface area contributed by atoms with E-state index in [-0.39, 0.29) is 6.04 Å². The highest BCUT2D eigenvalue weighted by atomic mass is 16.5. The average molecular weight is 225 g/mol. The second kappa shape index (κ2) is 5.41. The lowest BCUT2D eigenvalue weighted by atomic mass is 10.2. The summed E-state index contributed by atoms with van der Waals surface area (Å²) in [5.74, 6) is 1.54. The summed E-state index contributed by atoms with van der Waals surface area (Å²) >= 11 is 0. The van der Waals surface area contributed by atoms with Crippen LogP contribution < -0.4 is 0 Å². The zero-order valence-electron chi connectivity index (χ0n) is 9.98. The molecule has 0 N–H and O–H groups in total. The summed E-state index contributed by atoms with van der Waals surface area (Å²) in [4.78, 5) is 6.73. The minimum atomic E-state index is 0.196. The van der Waals surface area contributed by atoms with Crippen LogP contribution in [0.4, 0.5) is 0 Å². The largest absolute Gasteiger partial charge is 0.379 e. The van der Waals surface area contributed by atoms with Crippen LogP contribution >= 0.6 is 0 Å². The van der Waals surface area contributed by atoms with E-state index in [0.717, 1.165) is 50.9 Å². The van der Waals surface area contributed by atoms with Gasteiger partial charge in [-0.3, -0.25) is 4.90 Å². The number of morpholine rings is 1. The van der Waals surface area contributed by atoms with Gasteiger partial charge in [0.1, 0.15) is 0 Å². The van der Waals surface area contributed by atoms with Gasteiger partial charge in [-0.1, -0.05) is 12.1 Å². The molecule has 5 nitrogen and oxygen atoms in total. The van der Waals surface area contributed by atoms with Crippen LogP contribution in [0.25, 0.3) is 0 Å². The second-order valence-corrected chi connectivity index (χ2v) is 4.12. The smallest absolute Gasteiger partial charge is 0.243 e. The van der Waals surface area contributed by atoms with E-state index < -0.39 is 0 Å². The van der Waals surface area contributed by atoms with E-state index in [1.54, 1.807) is 0 Å². The molecular formula is C11H19N3O2. The first-order valence-corrected chi connectivity index (χ1v) is 5.95. The molecule has 0 radical (unpaired) electrons. The van der Waals surface area contributed by atoms with Gasteiger partial charge in [-0.2, -0.15) is 4.98 Å². The zero-order valence-corrected chi connectivity index (χ0v) is 9.98. The second-order valence-electron chi connectivity index (χ2n) is 4.12. The van der Waals surface area contributed by atoms with Gasteiger partial charge in [0.05, 0.1) is 19.3 Å². The summed E-state index contributed by atoms with van der Waals surface area (Å²) in [6, 6.07) is 0.196. The molecular weight excluding hydrogens is 206 g/mol. The minimum Gasteiger partial charge on any atom is -0.379 e. The van der Waals surface area contributed by atoms with Crippen molar-refractivity contribution in [2.45, 2.75) is 32.7 Å². The molecule has 0 aliphatic carbocycles. The van der Waals surface area contributed by atoms with Crippen LogP contribution in [-0.2, 0) is 11.2 Å². The minimum absolute atomic E-state index is 0.196. The molecule has 1 aliphatic rings. The standard InChI is InChI=1S/C11H19N3O2/c1-3-4-10-12-11(16-13-10)9(2)14-5-7-15-8-6-14/h9H,3-8H2,1-2H3/t9-/m0/s1. The van der Waals surface area contributed by atoms with Gasteiger partial charge in [-0.25, -0.2) is 0 Å². The number of ether oxygens (including phenoxy) is 1. The van der Waals surface area contributed by atoms with Gasteiger partial charge >= 0.3 is 0 Å². The van der Waals surface area contributed by atoms with E-state index in [4.69, 9.17) is 9.26 Å². The lowest BCUT2D eigenvalue weighted by Crippen LogP contribution is -2.38. The third kappa shape index (κ3) is 2.59. The van der Waals surface area contributed by atoms with Crippen molar-refractivity contribution >= 4 is 0 Å². The molecule has 1 saturated heterocycles. The molecule has 0 spiro atoms. The molecule has 0 unspecified atom stereocenters. The van der Waals surface area contributed by atoms with Crippen molar-refractivity contribution in [1.29, 1.82) is 0 Å². The number of nitrogens with zero attached hydrogens (tertiary/aromatic N) is 3.